The zero-order valence-corrected chi connectivity index (χ0v) is 19.0. The minimum Gasteiger partial charge on any atom is -0.454 e. The lowest BCUT2D eigenvalue weighted by atomic mass is 10.1. The monoisotopic (exact) mass is 439 g/mol. The van der Waals surface area contributed by atoms with Crippen molar-refractivity contribution < 1.29 is 9.47 Å². The number of pyridine rings is 1. The summed E-state index contributed by atoms with van der Waals surface area (Å²) in [5.74, 6) is 2.64. The van der Waals surface area contributed by atoms with E-state index in [1.54, 1.807) is 6.07 Å². The lowest BCUT2D eigenvalue weighted by Crippen LogP contribution is -2.52. The molecule has 1 saturated heterocycles. The molecule has 1 N–H and O–H groups in total. The van der Waals surface area contributed by atoms with Gasteiger partial charge in [0, 0.05) is 64.6 Å². The number of unbranched alkanes of at least 4 members (excludes halogenated alkanes) is 1. The van der Waals surface area contributed by atoms with Gasteiger partial charge in [0.2, 0.25) is 6.79 Å². The molecule has 0 spiro atoms. The molecule has 0 radical (unpaired) electrons. The summed E-state index contributed by atoms with van der Waals surface area (Å²) in [4.78, 5) is 21.2. The summed E-state index contributed by atoms with van der Waals surface area (Å²) in [6, 6.07) is 11.6. The predicted molar refractivity (Wildman–Crippen MR) is 125 cm³/mol. The fraction of sp³-hybridized carbons (Fsp3) is 0.500. The van der Waals surface area contributed by atoms with E-state index < -0.39 is 0 Å². The highest BCUT2D eigenvalue weighted by Gasteiger charge is 2.20. The van der Waals surface area contributed by atoms with Crippen LogP contribution in [-0.2, 0) is 13.1 Å². The molecule has 4 rings (SSSR count). The van der Waals surface area contributed by atoms with E-state index in [1.165, 1.54) is 5.56 Å². The van der Waals surface area contributed by atoms with Crippen LogP contribution in [-0.4, -0.2) is 66.9 Å². The van der Waals surface area contributed by atoms with Gasteiger partial charge < -0.3 is 24.3 Å². The van der Waals surface area contributed by atoms with Gasteiger partial charge >= 0.3 is 0 Å². The van der Waals surface area contributed by atoms with Gasteiger partial charge in [-0.05, 0) is 43.5 Å². The van der Waals surface area contributed by atoms with Gasteiger partial charge in [0.25, 0.3) is 5.56 Å². The van der Waals surface area contributed by atoms with Crippen molar-refractivity contribution in [2.75, 3.05) is 46.6 Å². The van der Waals surface area contributed by atoms with E-state index in [9.17, 15) is 4.79 Å². The zero-order chi connectivity index (χ0) is 22.3. The van der Waals surface area contributed by atoms with Crippen LogP contribution < -0.4 is 20.3 Å². The van der Waals surface area contributed by atoms with E-state index in [4.69, 9.17) is 9.47 Å². The number of ether oxygens (including phenoxy) is 2. The molecular weight excluding hydrogens is 406 g/mol. The van der Waals surface area contributed by atoms with E-state index >= 15 is 0 Å². The fourth-order valence-corrected chi connectivity index (χ4v) is 4.25. The minimum atomic E-state index is 0.0763. The number of rotatable bonds is 7. The normalized spacial score (nSPS) is 16.4. The summed E-state index contributed by atoms with van der Waals surface area (Å²) < 4.78 is 12.7. The zero-order valence-electron chi connectivity index (χ0n) is 19.0. The van der Waals surface area contributed by atoms with Crippen molar-refractivity contribution in [3.05, 3.63) is 58.0 Å². The van der Waals surface area contributed by atoms with Crippen molar-refractivity contribution >= 4 is 5.96 Å². The highest BCUT2D eigenvalue weighted by atomic mass is 16.7. The second-order valence-electron chi connectivity index (χ2n) is 8.29. The average Bonchev–Trinajstić information content (AvgIpc) is 3.27. The Morgan fingerprint density at radius 1 is 1.06 bits per heavy atom. The third-order valence-corrected chi connectivity index (χ3v) is 6.09. The van der Waals surface area contributed by atoms with Crippen LogP contribution in [0.4, 0.5) is 0 Å². The lowest BCUT2D eigenvalue weighted by Gasteiger charge is -2.36. The number of aryl methyl sites for hydroxylation is 1. The number of aliphatic imine (C=N–C) groups is 1. The van der Waals surface area contributed by atoms with Crippen LogP contribution in [0.1, 0.15) is 24.1 Å². The first-order valence-electron chi connectivity index (χ1n) is 11.4. The van der Waals surface area contributed by atoms with Crippen LogP contribution in [0.5, 0.6) is 11.5 Å². The second-order valence-corrected chi connectivity index (χ2v) is 8.29. The van der Waals surface area contributed by atoms with Gasteiger partial charge in [-0.2, -0.15) is 0 Å². The van der Waals surface area contributed by atoms with Gasteiger partial charge in [-0.1, -0.05) is 12.1 Å². The lowest BCUT2D eigenvalue weighted by molar-refractivity contribution is 0.171. The van der Waals surface area contributed by atoms with Crippen LogP contribution in [0.15, 0.2) is 46.2 Å². The van der Waals surface area contributed by atoms with Crippen LogP contribution in [0, 0.1) is 6.92 Å². The number of nitrogens with one attached hydrogen (secondary N) is 1. The maximum atomic E-state index is 12.0. The van der Waals surface area contributed by atoms with Crippen LogP contribution in [0.3, 0.4) is 0 Å². The molecule has 1 aromatic carbocycles. The summed E-state index contributed by atoms with van der Waals surface area (Å²) >= 11 is 0. The first kappa shape index (κ1) is 22.2. The Morgan fingerprint density at radius 2 is 1.88 bits per heavy atom. The number of benzene rings is 1. The number of aromatic nitrogens is 1. The first-order valence-corrected chi connectivity index (χ1v) is 11.4. The smallest absolute Gasteiger partial charge is 0.250 e. The molecule has 0 unspecified atom stereocenters. The minimum absolute atomic E-state index is 0.0763. The quantitative estimate of drug-likeness (QED) is 0.405. The highest BCUT2D eigenvalue weighted by molar-refractivity contribution is 5.79. The SMILES string of the molecule is CN=C(NCCCCn1c(C)cccc1=O)N1CCN(Cc2ccc3c(c2)OCO3)CC1. The molecule has 0 atom stereocenters. The summed E-state index contributed by atoms with van der Waals surface area (Å²) in [7, 11) is 1.84. The van der Waals surface area contributed by atoms with Gasteiger partial charge in [-0.25, -0.2) is 0 Å². The molecule has 0 amide bonds. The van der Waals surface area contributed by atoms with Crippen molar-refractivity contribution in [1.29, 1.82) is 0 Å². The molecule has 32 heavy (non-hydrogen) atoms. The third-order valence-electron chi connectivity index (χ3n) is 6.09. The fourth-order valence-electron chi connectivity index (χ4n) is 4.25. The predicted octanol–water partition coefficient (Wildman–Crippen LogP) is 2.06. The van der Waals surface area contributed by atoms with Gasteiger partial charge in [-0.3, -0.25) is 14.7 Å². The molecule has 3 heterocycles. The molecule has 0 bridgehead atoms. The summed E-state index contributed by atoms with van der Waals surface area (Å²) in [5, 5.41) is 3.49. The molecule has 0 aliphatic carbocycles. The molecule has 8 heteroatoms. The van der Waals surface area contributed by atoms with Gasteiger partial charge in [0.1, 0.15) is 0 Å². The van der Waals surface area contributed by atoms with E-state index in [1.807, 2.05) is 36.7 Å². The second kappa shape index (κ2) is 10.5. The number of piperazine rings is 1. The first-order chi connectivity index (χ1) is 15.6. The standard InChI is InChI=1S/C24H33N5O3/c1-19-6-5-7-23(30)29(19)11-4-3-10-26-24(25-2)28-14-12-27(13-15-28)17-20-8-9-21-22(16-20)32-18-31-21/h5-9,16H,3-4,10-15,17-18H2,1-2H3,(H,25,26). The Labute approximate surface area is 189 Å². The molecule has 1 fully saturated rings. The van der Waals surface area contributed by atoms with E-state index in [0.717, 1.165) is 81.8 Å². The van der Waals surface area contributed by atoms with Crippen molar-refractivity contribution in [3.8, 4) is 11.5 Å². The number of hydrogen-bond acceptors (Lipinski definition) is 5. The highest BCUT2D eigenvalue weighted by Crippen LogP contribution is 2.32. The Hall–Kier alpha value is -3.00. The van der Waals surface area contributed by atoms with Crippen LogP contribution in [0.25, 0.3) is 0 Å². The largest absolute Gasteiger partial charge is 0.454 e. The van der Waals surface area contributed by atoms with Gasteiger partial charge in [-0.15, -0.1) is 0 Å². The molecule has 8 nitrogen and oxygen atoms in total. The maximum Gasteiger partial charge on any atom is 0.250 e. The number of fused-ring (bicyclic) bond motifs is 1. The Kier molecular flexibility index (Phi) is 7.32. The van der Waals surface area contributed by atoms with E-state index in [-0.39, 0.29) is 5.56 Å². The Morgan fingerprint density at radius 3 is 2.66 bits per heavy atom. The van der Waals surface area contributed by atoms with Crippen LogP contribution >= 0.6 is 0 Å². The molecular formula is C24H33N5O3. The molecule has 0 saturated carbocycles. The van der Waals surface area contributed by atoms with E-state index in [0.29, 0.717) is 6.79 Å². The molecule has 2 aliphatic rings. The number of guanidine groups is 1. The maximum absolute atomic E-state index is 12.0. The number of hydrogen-bond donors (Lipinski definition) is 1. The topological polar surface area (TPSA) is 71.3 Å². The van der Waals surface area contributed by atoms with Crippen molar-refractivity contribution in [2.45, 2.75) is 32.9 Å². The Bertz CT molecular complexity index is 995. The van der Waals surface area contributed by atoms with Crippen molar-refractivity contribution in [1.82, 2.24) is 19.7 Å². The Balaban J connectivity index is 1.17. The molecule has 172 valence electrons. The molecule has 2 aliphatic heterocycles. The van der Waals surface area contributed by atoms with Crippen molar-refractivity contribution in [3.63, 3.8) is 0 Å². The summed E-state index contributed by atoms with van der Waals surface area (Å²) in [5.41, 5.74) is 2.34. The summed E-state index contributed by atoms with van der Waals surface area (Å²) in [6.07, 6.45) is 1.95. The third kappa shape index (κ3) is 5.43. The summed E-state index contributed by atoms with van der Waals surface area (Å²) in [6.45, 7) is 8.69. The van der Waals surface area contributed by atoms with Gasteiger partial charge in [0.05, 0.1) is 0 Å². The van der Waals surface area contributed by atoms with Crippen molar-refractivity contribution in [2.24, 2.45) is 4.99 Å². The number of nitrogens with zero attached hydrogens (tertiary/aromatic N) is 4. The van der Waals surface area contributed by atoms with E-state index in [2.05, 4.69) is 32.2 Å². The van der Waals surface area contributed by atoms with Gasteiger partial charge in [0.15, 0.2) is 17.5 Å². The van der Waals surface area contributed by atoms with Crippen LogP contribution in [0.2, 0.25) is 0 Å². The molecule has 1 aromatic heterocycles. The average molecular weight is 440 g/mol. The molecule has 2 aromatic rings.